The summed E-state index contributed by atoms with van der Waals surface area (Å²) in [6.07, 6.45) is 0. The number of urea groups is 1. The summed E-state index contributed by atoms with van der Waals surface area (Å²) < 4.78 is 33.0. The molecule has 1 N–H and O–H groups in total. The van der Waals surface area contributed by atoms with E-state index in [9.17, 15) is 13.6 Å². The Bertz CT molecular complexity index is 741. The maximum Gasteiger partial charge on any atom is 0.322 e. The number of carbonyl (C=O) groups is 1. The predicted molar refractivity (Wildman–Crippen MR) is 92.2 cm³/mol. The maximum atomic E-state index is 13.9. The first-order valence-corrected chi connectivity index (χ1v) is 7.98. The van der Waals surface area contributed by atoms with Gasteiger partial charge in [-0.15, -0.1) is 0 Å². The van der Waals surface area contributed by atoms with E-state index < -0.39 is 11.6 Å². The Morgan fingerprint density at radius 2 is 1.64 bits per heavy atom. The van der Waals surface area contributed by atoms with E-state index in [4.69, 9.17) is 4.74 Å². The third-order valence-corrected chi connectivity index (χ3v) is 4.17. The third kappa shape index (κ3) is 3.65. The van der Waals surface area contributed by atoms with E-state index in [1.165, 1.54) is 25.3 Å². The number of piperazine rings is 1. The van der Waals surface area contributed by atoms with Gasteiger partial charge in [-0.3, -0.25) is 0 Å². The van der Waals surface area contributed by atoms with Crippen LogP contribution in [0.3, 0.4) is 0 Å². The van der Waals surface area contributed by atoms with E-state index in [0.717, 1.165) is 0 Å². The highest BCUT2D eigenvalue weighted by Crippen LogP contribution is 2.26. The van der Waals surface area contributed by atoms with Gasteiger partial charge in [-0.2, -0.15) is 0 Å². The van der Waals surface area contributed by atoms with Crippen molar-refractivity contribution in [2.24, 2.45) is 0 Å². The Hall–Kier alpha value is -2.83. The molecule has 2 aromatic rings. The minimum absolute atomic E-state index is 0.0349. The molecule has 2 amide bonds. The van der Waals surface area contributed by atoms with E-state index in [1.54, 1.807) is 28.0 Å². The lowest BCUT2D eigenvalue weighted by molar-refractivity contribution is 0.208. The Balaban J connectivity index is 1.63. The summed E-state index contributed by atoms with van der Waals surface area (Å²) in [6, 6.07) is 10.7. The molecule has 1 fully saturated rings. The van der Waals surface area contributed by atoms with Crippen LogP contribution in [0, 0.1) is 11.6 Å². The topological polar surface area (TPSA) is 44.8 Å². The lowest BCUT2D eigenvalue weighted by Gasteiger charge is -2.36. The van der Waals surface area contributed by atoms with Crippen LogP contribution in [0.15, 0.2) is 42.5 Å². The number of halogens is 2. The van der Waals surface area contributed by atoms with E-state index in [1.807, 2.05) is 6.07 Å². The molecule has 0 saturated carbocycles. The molecule has 132 valence electrons. The van der Waals surface area contributed by atoms with Gasteiger partial charge in [0.15, 0.2) is 0 Å². The number of rotatable bonds is 3. The quantitative estimate of drug-likeness (QED) is 0.926. The minimum atomic E-state index is -0.591. The zero-order chi connectivity index (χ0) is 17.8. The van der Waals surface area contributed by atoms with Gasteiger partial charge in [0.05, 0.1) is 12.8 Å². The number of anilines is 2. The van der Waals surface area contributed by atoms with Crippen LogP contribution in [0.2, 0.25) is 0 Å². The molecule has 2 aromatic carbocycles. The van der Waals surface area contributed by atoms with Crippen LogP contribution in [0.1, 0.15) is 0 Å². The van der Waals surface area contributed by atoms with Crippen molar-refractivity contribution in [3.05, 3.63) is 54.1 Å². The van der Waals surface area contributed by atoms with E-state index in [0.29, 0.717) is 37.6 Å². The number of methoxy groups -OCH3 is 1. The molecule has 0 aromatic heterocycles. The highest BCUT2D eigenvalue weighted by atomic mass is 19.1. The molecule has 0 unspecified atom stereocenters. The summed E-state index contributed by atoms with van der Waals surface area (Å²) in [6.45, 7) is 1.46. The van der Waals surface area contributed by atoms with Crippen molar-refractivity contribution >= 4 is 17.4 Å². The Labute approximate surface area is 144 Å². The lowest BCUT2D eigenvalue weighted by Crippen LogP contribution is -2.50. The fourth-order valence-electron chi connectivity index (χ4n) is 2.87. The van der Waals surface area contributed by atoms with Gasteiger partial charge >= 0.3 is 6.03 Å². The van der Waals surface area contributed by atoms with Gasteiger partial charge < -0.3 is 19.9 Å². The lowest BCUT2D eigenvalue weighted by atomic mass is 10.2. The molecule has 3 rings (SSSR count). The second kappa shape index (κ2) is 7.38. The molecule has 0 radical (unpaired) electrons. The second-order valence-corrected chi connectivity index (χ2v) is 5.67. The molecule has 7 heteroatoms. The number of nitrogens with zero attached hydrogens (tertiary/aromatic N) is 2. The zero-order valence-electron chi connectivity index (χ0n) is 13.8. The summed E-state index contributed by atoms with van der Waals surface area (Å²) in [5, 5.41) is 2.80. The Morgan fingerprint density at radius 3 is 2.28 bits per heavy atom. The number of amides is 2. The molecule has 25 heavy (non-hydrogen) atoms. The summed E-state index contributed by atoms with van der Waals surface area (Å²) in [5.41, 5.74) is 0.546. The van der Waals surface area contributed by atoms with Crippen LogP contribution in [-0.4, -0.2) is 44.2 Å². The average Bonchev–Trinajstić information content (AvgIpc) is 2.62. The van der Waals surface area contributed by atoms with Gasteiger partial charge in [-0.25, -0.2) is 13.6 Å². The molecule has 0 bridgehead atoms. The van der Waals surface area contributed by atoms with Crippen LogP contribution >= 0.6 is 0 Å². The predicted octanol–water partition coefficient (Wildman–Crippen LogP) is 3.33. The summed E-state index contributed by atoms with van der Waals surface area (Å²) in [5.74, 6) is -0.609. The van der Waals surface area contributed by atoms with Crippen molar-refractivity contribution in [3.8, 4) is 5.75 Å². The number of benzene rings is 2. The highest BCUT2D eigenvalue weighted by molar-refractivity contribution is 5.91. The molecule has 0 atom stereocenters. The molecule has 1 saturated heterocycles. The van der Waals surface area contributed by atoms with Crippen LogP contribution in [0.4, 0.5) is 25.0 Å². The number of carbonyl (C=O) groups excluding carboxylic acids is 1. The summed E-state index contributed by atoms with van der Waals surface area (Å²) in [4.78, 5) is 15.6. The number of hydrogen-bond donors (Lipinski definition) is 1. The van der Waals surface area contributed by atoms with Crippen molar-refractivity contribution in [1.82, 2.24) is 4.90 Å². The molecular weight excluding hydrogens is 328 g/mol. The SMILES string of the molecule is COc1ccccc1NC(=O)N1CCN(c2c(F)cccc2F)CC1. The highest BCUT2D eigenvalue weighted by Gasteiger charge is 2.25. The smallest absolute Gasteiger partial charge is 0.322 e. The molecule has 1 aliphatic rings. The van der Waals surface area contributed by atoms with Crippen molar-refractivity contribution < 1.29 is 18.3 Å². The number of hydrogen-bond acceptors (Lipinski definition) is 3. The number of para-hydroxylation sites is 3. The first-order valence-electron chi connectivity index (χ1n) is 7.98. The van der Waals surface area contributed by atoms with Gasteiger partial charge in [0.25, 0.3) is 0 Å². The maximum absolute atomic E-state index is 13.9. The van der Waals surface area contributed by atoms with E-state index >= 15 is 0 Å². The summed E-state index contributed by atoms with van der Waals surface area (Å²) in [7, 11) is 1.53. The standard InChI is InChI=1S/C18H19F2N3O2/c1-25-16-8-3-2-7-15(16)21-18(24)23-11-9-22(10-12-23)17-13(19)5-4-6-14(17)20/h2-8H,9-12H2,1H3,(H,21,24). The minimum Gasteiger partial charge on any atom is -0.495 e. The number of ether oxygens (including phenoxy) is 1. The van der Waals surface area contributed by atoms with Crippen LogP contribution in [0.25, 0.3) is 0 Å². The molecule has 5 nitrogen and oxygen atoms in total. The molecule has 0 aliphatic carbocycles. The largest absolute Gasteiger partial charge is 0.495 e. The van der Waals surface area contributed by atoms with Gasteiger partial charge in [0, 0.05) is 26.2 Å². The van der Waals surface area contributed by atoms with Gasteiger partial charge in [-0.05, 0) is 24.3 Å². The molecule has 1 aliphatic heterocycles. The van der Waals surface area contributed by atoms with Crippen LogP contribution in [0.5, 0.6) is 5.75 Å². The fraction of sp³-hybridized carbons (Fsp3) is 0.278. The Kier molecular flexibility index (Phi) is 5.02. The second-order valence-electron chi connectivity index (χ2n) is 5.67. The monoisotopic (exact) mass is 347 g/mol. The van der Waals surface area contributed by atoms with Gasteiger partial charge in [-0.1, -0.05) is 18.2 Å². The van der Waals surface area contributed by atoms with Crippen molar-refractivity contribution in [3.63, 3.8) is 0 Å². The van der Waals surface area contributed by atoms with Crippen molar-refractivity contribution in [2.45, 2.75) is 0 Å². The molecule has 1 heterocycles. The van der Waals surface area contributed by atoms with Gasteiger partial charge in [0.1, 0.15) is 23.1 Å². The molecular formula is C18H19F2N3O2. The van der Waals surface area contributed by atoms with Crippen LogP contribution < -0.4 is 15.0 Å². The van der Waals surface area contributed by atoms with E-state index in [2.05, 4.69) is 5.32 Å². The van der Waals surface area contributed by atoms with Crippen LogP contribution in [-0.2, 0) is 0 Å². The van der Waals surface area contributed by atoms with E-state index in [-0.39, 0.29) is 11.7 Å². The average molecular weight is 347 g/mol. The van der Waals surface area contributed by atoms with Crippen molar-refractivity contribution in [1.29, 1.82) is 0 Å². The zero-order valence-corrected chi connectivity index (χ0v) is 13.8. The van der Waals surface area contributed by atoms with Gasteiger partial charge in [0.2, 0.25) is 0 Å². The third-order valence-electron chi connectivity index (χ3n) is 4.17. The normalized spacial score (nSPS) is 14.4. The first-order chi connectivity index (χ1) is 12.1. The number of nitrogens with one attached hydrogen (secondary N) is 1. The van der Waals surface area contributed by atoms with Crippen molar-refractivity contribution in [2.75, 3.05) is 43.5 Å². The fourth-order valence-corrected chi connectivity index (χ4v) is 2.87. The molecule has 0 spiro atoms. The Morgan fingerprint density at radius 1 is 1.00 bits per heavy atom. The summed E-state index contributed by atoms with van der Waals surface area (Å²) >= 11 is 0. The first kappa shape index (κ1) is 17.0.